The van der Waals surface area contributed by atoms with Gasteiger partial charge in [-0.15, -0.1) is 0 Å². The molecule has 0 saturated carbocycles. The molecule has 96 valence electrons. The average molecular weight is 313 g/mol. The van der Waals surface area contributed by atoms with Crippen molar-refractivity contribution in [3.63, 3.8) is 0 Å². The molecule has 0 aliphatic rings. The fourth-order valence-corrected chi connectivity index (χ4v) is 2.22. The average Bonchev–Trinajstić information content (AvgIpc) is 2.81. The van der Waals surface area contributed by atoms with E-state index in [1.165, 1.54) is 6.07 Å². The first-order chi connectivity index (χ1) is 8.67. The number of aryl methyl sites for hydroxylation is 1. The maximum Gasteiger partial charge on any atom is 0.131 e. The summed E-state index contributed by atoms with van der Waals surface area (Å²) in [6, 6.07) is 4.42. The van der Waals surface area contributed by atoms with E-state index < -0.39 is 6.04 Å². The number of nitrogens with two attached hydrogens (primary N) is 1. The summed E-state index contributed by atoms with van der Waals surface area (Å²) in [4.78, 5) is 4.24. The van der Waals surface area contributed by atoms with Gasteiger partial charge in [-0.2, -0.15) is 0 Å². The normalized spacial score (nSPS) is 12.7. The molecule has 0 bridgehead atoms. The minimum absolute atomic E-state index is 0.321. The zero-order valence-corrected chi connectivity index (χ0v) is 11.5. The van der Waals surface area contributed by atoms with Gasteiger partial charge in [0.25, 0.3) is 0 Å². The molecule has 1 aromatic heterocycles. The van der Waals surface area contributed by atoms with Crippen LogP contribution < -0.4 is 11.3 Å². The van der Waals surface area contributed by atoms with Gasteiger partial charge < -0.3 is 4.57 Å². The molecule has 4 nitrogen and oxygen atoms in total. The van der Waals surface area contributed by atoms with Crippen LogP contribution in [0.2, 0.25) is 0 Å². The van der Waals surface area contributed by atoms with E-state index in [-0.39, 0.29) is 5.82 Å². The van der Waals surface area contributed by atoms with Crippen molar-refractivity contribution in [2.45, 2.75) is 19.5 Å². The van der Waals surface area contributed by atoms with Gasteiger partial charge in [-0.3, -0.25) is 5.84 Å². The number of rotatable bonds is 4. The fraction of sp³-hybridized carbons (Fsp3) is 0.250. The van der Waals surface area contributed by atoms with Crippen LogP contribution in [0.1, 0.15) is 24.4 Å². The summed E-state index contributed by atoms with van der Waals surface area (Å²) >= 11 is 3.23. The third-order valence-corrected chi connectivity index (χ3v) is 3.28. The van der Waals surface area contributed by atoms with Crippen molar-refractivity contribution in [2.24, 2.45) is 5.84 Å². The molecule has 2 aromatic rings. The minimum atomic E-state index is -0.465. The molecule has 1 atom stereocenters. The standard InChI is InChI=1S/C12H14BrFN4/c1-2-18-6-5-16-12(18)11(17-15)9-4-3-8(13)7-10(9)14/h3-7,11,17H,2,15H2,1H3. The van der Waals surface area contributed by atoms with E-state index in [0.29, 0.717) is 15.9 Å². The molecule has 0 amide bonds. The van der Waals surface area contributed by atoms with Gasteiger partial charge in [-0.25, -0.2) is 14.8 Å². The molecule has 1 unspecified atom stereocenters. The highest BCUT2D eigenvalue weighted by molar-refractivity contribution is 9.10. The number of halogens is 2. The van der Waals surface area contributed by atoms with Crippen LogP contribution in [0.25, 0.3) is 0 Å². The second-order valence-corrected chi connectivity index (χ2v) is 4.75. The summed E-state index contributed by atoms with van der Waals surface area (Å²) in [6.45, 7) is 2.75. The Morgan fingerprint density at radius 1 is 1.56 bits per heavy atom. The van der Waals surface area contributed by atoms with Crippen molar-refractivity contribution in [1.82, 2.24) is 15.0 Å². The van der Waals surface area contributed by atoms with Crippen LogP contribution in [0.3, 0.4) is 0 Å². The van der Waals surface area contributed by atoms with E-state index in [2.05, 4.69) is 26.3 Å². The molecule has 0 spiro atoms. The third-order valence-electron chi connectivity index (χ3n) is 2.79. The van der Waals surface area contributed by atoms with Crippen LogP contribution in [0.4, 0.5) is 4.39 Å². The van der Waals surface area contributed by atoms with Crippen molar-refractivity contribution in [2.75, 3.05) is 0 Å². The zero-order valence-electron chi connectivity index (χ0n) is 9.90. The predicted molar refractivity (Wildman–Crippen MR) is 71.2 cm³/mol. The lowest BCUT2D eigenvalue weighted by Gasteiger charge is -2.18. The topological polar surface area (TPSA) is 55.9 Å². The quantitative estimate of drug-likeness (QED) is 0.673. The van der Waals surface area contributed by atoms with E-state index >= 15 is 0 Å². The van der Waals surface area contributed by atoms with Gasteiger partial charge in [0.2, 0.25) is 0 Å². The molecule has 0 aliphatic heterocycles. The molecule has 18 heavy (non-hydrogen) atoms. The van der Waals surface area contributed by atoms with Gasteiger partial charge in [0.1, 0.15) is 17.7 Å². The van der Waals surface area contributed by atoms with Crippen molar-refractivity contribution in [3.8, 4) is 0 Å². The highest BCUT2D eigenvalue weighted by Gasteiger charge is 2.20. The molecule has 1 aromatic carbocycles. The molecular weight excluding hydrogens is 299 g/mol. The molecule has 3 N–H and O–H groups in total. The molecule has 6 heteroatoms. The number of hydrogen-bond acceptors (Lipinski definition) is 3. The Morgan fingerprint density at radius 2 is 2.33 bits per heavy atom. The predicted octanol–water partition coefficient (Wildman–Crippen LogP) is 2.36. The highest BCUT2D eigenvalue weighted by atomic mass is 79.9. The van der Waals surface area contributed by atoms with Crippen molar-refractivity contribution >= 4 is 15.9 Å². The van der Waals surface area contributed by atoms with Gasteiger partial charge in [-0.05, 0) is 19.1 Å². The number of benzene rings is 1. The Hall–Kier alpha value is -1.24. The summed E-state index contributed by atoms with van der Waals surface area (Å²) in [7, 11) is 0. The number of nitrogens with zero attached hydrogens (tertiary/aromatic N) is 2. The minimum Gasteiger partial charge on any atom is -0.334 e. The van der Waals surface area contributed by atoms with Gasteiger partial charge >= 0.3 is 0 Å². The Labute approximate surface area is 113 Å². The van der Waals surface area contributed by atoms with Crippen LogP contribution >= 0.6 is 15.9 Å². The van der Waals surface area contributed by atoms with Crippen LogP contribution in [-0.4, -0.2) is 9.55 Å². The van der Waals surface area contributed by atoms with Crippen LogP contribution in [-0.2, 0) is 6.54 Å². The smallest absolute Gasteiger partial charge is 0.131 e. The Kier molecular flexibility index (Phi) is 4.11. The van der Waals surface area contributed by atoms with E-state index in [0.717, 1.165) is 6.54 Å². The molecule has 1 heterocycles. The Bertz CT molecular complexity index is 541. The molecular formula is C12H14BrFN4. The molecule has 0 radical (unpaired) electrons. The van der Waals surface area contributed by atoms with Crippen LogP contribution in [0.15, 0.2) is 35.1 Å². The molecule has 2 rings (SSSR count). The van der Waals surface area contributed by atoms with Crippen molar-refractivity contribution < 1.29 is 4.39 Å². The van der Waals surface area contributed by atoms with E-state index in [1.54, 1.807) is 18.3 Å². The maximum atomic E-state index is 14.0. The summed E-state index contributed by atoms with van der Waals surface area (Å²) < 4.78 is 16.6. The number of hydrazine groups is 1. The molecule has 0 aliphatic carbocycles. The van der Waals surface area contributed by atoms with Gasteiger partial charge in [-0.1, -0.05) is 22.0 Å². The SMILES string of the molecule is CCn1ccnc1C(NN)c1ccc(Br)cc1F. The van der Waals surface area contributed by atoms with Crippen molar-refractivity contribution in [1.29, 1.82) is 0 Å². The fourth-order valence-electron chi connectivity index (χ4n) is 1.89. The third kappa shape index (κ3) is 2.45. The number of hydrogen-bond donors (Lipinski definition) is 2. The van der Waals surface area contributed by atoms with E-state index in [9.17, 15) is 4.39 Å². The maximum absolute atomic E-state index is 14.0. The molecule has 0 fully saturated rings. The van der Waals surface area contributed by atoms with Crippen molar-refractivity contribution in [3.05, 3.63) is 52.3 Å². The first kappa shape index (κ1) is 13.2. The Balaban J connectivity index is 2.45. The molecule has 0 saturated heterocycles. The van der Waals surface area contributed by atoms with Crippen LogP contribution in [0, 0.1) is 5.82 Å². The second-order valence-electron chi connectivity index (χ2n) is 3.84. The summed E-state index contributed by atoms with van der Waals surface area (Å²) in [5.41, 5.74) is 3.09. The summed E-state index contributed by atoms with van der Waals surface area (Å²) in [5, 5.41) is 0. The first-order valence-electron chi connectivity index (χ1n) is 5.59. The first-order valence-corrected chi connectivity index (χ1v) is 6.38. The van der Waals surface area contributed by atoms with E-state index in [1.807, 2.05) is 17.7 Å². The van der Waals surface area contributed by atoms with Gasteiger partial charge in [0.05, 0.1) is 0 Å². The van der Waals surface area contributed by atoms with Crippen LogP contribution in [0.5, 0.6) is 0 Å². The van der Waals surface area contributed by atoms with Gasteiger partial charge in [0.15, 0.2) is 0 Å². The number of aromatic nitrogens is 2. The number of nitrogens with one attached hydrogen (secondary N) is 1. The lowest BCUT2D eigenvalue weighted by atomic mass is 10.1. The van der Waals surface area contributed by atoms with E-state index in [4.69, 9.17) is 5.84 Å². The largest absolute Gasteiger partial charge is 0.334 e. The lowest BCUT2D eigenvalue weighted by Crippen LogP contribution is -2.31. The Morgan fingerprint density at radius 3 is 2.94 bits per heavy atom. The lowest BCUT2D eigenvalue weighted by molar-refractivity contribution is 0.523. The number of imidazole rings is 1. The summed E-state index contributed by atoms with van der Waals surface area (Å²) in [5.74, 6) is 5.92. The monoisotopic (exact) mass is 312 g/mol. The summed E-state index contributed by atoms with van der Waals surface area (Å²) in [6.07, 6.45) is 3.52. The second kappa shape index (κ2) is 5.60. The van der Waals surface area contributed by atoms with Gasteiger partial charge in [0, 0.05) is 29.0 Å². The highest BCUT2D eigenvalue weighted by Crippen LogP contribution is 2.25. The zero-order chi connectivity index (χ0) is 13.1.